The molecule has 0 aromatic heterocycles. The summed E-state index contributed by atoms with van der Waals surface area (Å²) in [7, 11) is 10.8. The van der Waals surface area contributed by atoms with Crippen molar-refractivity contribution in [3.8, 4) is 0 Å². The van der Waals surface area contributed by atoms with Gasteiger partial charge in [-0.1, -0.05) is 30.3 Å². The van der Waals surface area contributed by atoms with Gasteiger partial charge in [-0.15, -0.1) is 0 Å². The van der Waals surface area contributed by atoms with Gasteiger partial charge in [0, 0.05) is 150 Å². The van der Waals surface area contributed by atoms with Crippen LogP contribution in [0.5, 0.6) is 0 Å². The van der Waals surface area contributed by atoms with E-state index >= 15 is 0 Å². The van der Waals surface area contributed by atoms with Gasteiger partial charge in [0.2, 0.25) is 0 Å². The van der Waals surface area contributed by atoms with Crippen molar-refractivity contribution in [1.29, 1.82) is 0 Å². The second-order valence-corrected chi connectivity index (χ2v) is 19.1. The molecule has 0 bridgehead atoms. The fourth-order valence-electron chi connectivity index (χ4n) is 7.62. The summed E-state index contributed by atoms with van der Waals surface area (Å²) in [6, 6.07) is 37.1. The molecule has 18 heteroatoms. The SMILES string of the molecule is CCN(CC)C(=O)c1cccc(NC)c1.CCN(CCO)C(=O)c1cccc(NC)c1.CNc1cccc(C(=O)N(C)CCO)c1.CNc1cccc(C(=O)NC(C)(C)C)c1.CNc1cccc(C(=O)NCC2CCCCO2)c1. The van der Waals surface area contributed by atoms with Crippen molar-refractivity contribution in [2.75, 3.05) is 128 Å². The maximum absolute atomic E-state index is 12.0. The lowest BCUT2D eigenvalue weighted by Crippen LogP contribution is -2.40. The number of anilines is 5. The Hall–Kier alpha value is -7.67. The zero-order chi connectivity index (χ0) is 58.8. The first-order chi connectivity index (χ1) is 37.8. The van der Waals surface area contributed by atoms with Crippen LogP contribution in [-0.2, 0) is 4.74 Å². The van der Waals surface area contributed by atoms with Gasteiger partial charge in [-0.05, 0) is 152 Å². The maximum Gasteiger partial charge on any atom is 0.253 e. The Morgan fingerprint density at radius 1 is 0.519 bits per heavy atom. The number of likely N-dealkylation sites (N-methyl/N-ethyl adjacent to an activating group) is 2. The second kappa shape index (κ2) is 37.2. The third kappa shape index (κ3) is 25.1. The molecular formula is C61H90N10O8. The summed E-state index contributed by atoms with van der Waals surface area (Å²) < 4.78 is 5.58. The van der Waals surface area contributed by atoms with Crippen molar-refractivity contribution in [3.05, 3.63) is 149 Å². The molecule has 1 aliphatic rings. The number of carbonyl (C=O) groups is 5. The van der Waals surface area contributed by atoms with E-state index in [1.807, 2.05) is 178 Å². The lowest BCUT2D eigenvalue weighted by molar-refractivity contribution is 0.0169. The van der Waals surface area contributed by atoms with Crippen LogP contribution in [0.15, 0.2) is 121 Å². The topological polar surface area (TPSA) is 229 Å². The molecule has 1 saturated heterocycles. The van der Waals surface area contributed by atoms with Crippen molar-refractivity contribution in [3.63, 3.8) is 0 Å². The molecule has 6 rings (SSSR count). The van der Waals surface area contributed by atoms with Crippen molar-refractivity contribution in [2.24, 2.45) is 0 Å². The van der Waals surface area contributed by atoms with E-state index in [9.17, 15) is 24.0 Å². The number of rotatable bonds is 19. The monoisotopic (exact) mass is 1090 g/mol. The number of hydrogen-bond donors (Lipinski definition) is 9. The molecule has 1 atom stereocenters. The van der Waals surface area contributed by atoms with Crippen LogP contribution in [0.4, 0.5) is 28.4 Å². The highest BCUT2D eigenvalue weighted by Gasteiger charge is 2.18. The zero-order valence-corrected chi connectivity index (χ0v) is 48.8. The molecule has 5 aromatic carbocycles. The number of nitrogens with zero attached hydrogens (tertiary/aromatic N) is 3. The highest BCUT2D eigenvalue weighted by molar-refractivity contribution is 5.97. The molecule has 1 heterocycles. The van der Waals surface area contributed by atoms with Gasteiger partial charge in [0.15, 0.2) is 0 Å². The Labute approximate surface area is 470 Å². The molecule has 0 saturated carbocycles. The van der Waals surface area contributed by atoms with Gasteiger partial charge >= 0.3 is 0 Å². The summed E-state index contributed by atoms with van der Waals surface area (Å²) in [5, 5.41) is 38.5. The quantitative estimate of drug-likeness (QED) is 0.0379. The van der Waals surface area contributed by atoms with Crippen molar-refractivity contribution < 1.29 is 38.9 Å². The highest BCUT2D eigenvalue weighted by atomic mass is 16.5. The van der Waals surface area contributed by atoms with E-state index < -0.39 is 0 Å². The van der Waals surface area contributed by atoms with Gasteiger partial charge in [0.25, 0.3) is 29.5 Å². The molecule has 0 aliphatic carbocycles. The van der Waals surface area contributed by atoms with Crippen LogP contribution in [0.2, 0.25) is 0 Å². The van der Waals surface area contributed by atoms with E-state index in [-0.39, 0.29) is 54.4 Å². The fourth-order valence-corrected chi connectivity index (χ4v) is 7.62. The predicted octanol–water partition coefficient (Wildman–Crippen LogP) is 8.47. The first-order valence-electron chi connectivity index (χ1n) is 27.0. The first-order valence-corrected chi connectivity index (χ1v) is 27.0. The normalized spacial score (nSPS) is 12.2. The van der Waals surface area contributed by atoms with Gasteiger partial charge in [0.1, 0.15) is 0 Å². The molecule has 5 amide bonds. The molecular weight excluding hydrogens is 1000 g/mol. The lowest BCUT2D eigenvalue weighted by atomic mass is 10.1. The number of amides is 5. The highest BCUT2D eigenvalue weighted by Crippen LogP contribution is 2.17. The van der Waals surface area contributed by atoms with E-state index in [0.717, 1.165) is 66.5 Å². The minimum Gasteiger partial charge on any atom is -0.395 e. The average molecular weight is 1090 g/mol. The van der Waals surface area contributed by atoms with Crippen molar-refractivity contribution >= 4 is 58.0 Å². The Morgan fingerprint density at radius 2 is 0.886 bits per heavy atom. The van der Waals surface area contributed by atoms with Crippen molar-refractivity contribution in [2.45, 2.75) is 72.4 Å². The molecule has 0 radical (unpaired) electrons. The summed E-state index contributed by atoms with van der Waals surface area (Å²) >= 11 is 0. The van der Waals surface area contributed by atoms with E-state index in [4.69, 9.17) is 14.9 Å². The second-order valence-electron chi connectivity index (χ2n) is 19.1. The minimum absolute atomic E-state index is 0.00863. The predicted molar refractivity (Wildman–Crippen MR) is 323 cm³/mol. The molecule has 1 unspecified atom stereocenters. The van der Waals surface area contributed by atoms with Gasteiger partial charge in [0.05, 0.1) is 19.3 Å². The zero-order valence-electron chi connectivity index (χ0n) is 48.8. The van der Waals surface area contributed by atoms with E-state index in [0.29, 0.717) is 48.4 Å². The summed E-state index contributed by atoms with van der Waals surface area (Å²) in [5.41, 5.74) is 7.82. The molecule has 1 aliphatic heterocycles. The molecule has 1 fully saturated rings. The van der Waals surface area contributed by atoms with Crippen LogP contribution in [-0.4, -0.2) is 167 Å². The summed E-state index contributed by atoms with van der Waals surface area (Å²) in [6.45, 7) is 16.0. The minimum atomic E-state index is -0.202. The molecule has 0 spiro atoms. The van der Waals surface area contributed by atoms with Gasteiger partial charge < -0.3 is 66.9 Å². The van der Waals surface area contributed by atoms with Crippen LogP contribution in [0, 0.1) is 0 Å². The summed E-state index contributed by atoms with van der Waals surface area (Å²) in [4.78, 5) is 64.5. The molecule has 432 valence electrons. The Morgan fingerprint density at radius 3 is 1.24 bits per heavy atom. The number of aliphatic hydroxyl groups is 2. The van der Waals surface area contributed by atoms with E-state index in [1.54, 1.807) is 37.2 Å². The average Bonchev–Trinajstić information content (AvgIpc) is 3.48. The Balaban J connectivity index is 0.000000338. The van der Waals surface area contributed by atoms with Crippen LogP contribution in [0.1, 0.15) is 113 Å². The van der Waals surface area contributed by atoms with Crippen LogP contribution in [0.25, 0.3) is 0 Å². The molecule has 5 aromatic rings. The number of hydrogen-bond acceptors (Lipinski definition) is 13. The Kier molecular flexibility index (Phi) is 31.8. The van der Waals surface area contributed by atoms with Gasteiger partial charge in [-0.3, -0.25) is 24.0 Å². The van der Waals surface area contributed by atoms with Crippen LogP contribution < -0.4 is 37.2 Å². The molecule has 79 heavy (non-hydrogen) atoms. The van der Waals surface area contributed by atoms with Crippen LogP contribution in [0.3, 0.4) is 0 Å². The number of ether oxygens (including phenoxy) is 1. The van der Waals surface area contributed by atoms with Crippen molar-refractivity contribution in [1.82, 2.24) is 25.3 Å². The van der Waals surface area contributed by atoms with Gasteiger partial charge in [-0.25, -0.2) is 0 Å². The van der Waals surface area contributed by atoms with Gasteiger partial charge in [-0.2, -0.15) is 0 Å². The van der Waals surface area contributed by atoms with Crippen LogP contribution >= 0.6 is 0 Å². The standard InChI is InChI=1S/C14H20N2O2.C12H18N2O2.2C12H18N2O.C11H16N2O2/c1-15-12-6-4-5-11(9-12)14(17)16-10-13-7-2-3-8-18-13;1-3-14(7-8-15)12(16)10-5-4-6-11(9-10)13-2;1-12(2,3)14-11(15)9-6-5-7-10(8-9)13-4;1-4-14(5-2)12(15)10-7-6-8-11(9-10)13-3;1-12-10-5-3-4-9(8-10)11(15)13(2)6-7-14/h4-6,9,13,15H,2-3,7-8,10H2,1H3,(H,16,17);4-6,9,13,15H,3,7-8H2,1-2H3;5-8,13H,1-4H3,(H,14,15);6-9,13H,4-5H2,1-3H3;3-5,8,12,14H,6-7H2,1-2H3. The number of benzene rings is 5. The first kappa shape index (κ1) is 67.4. The molecule has 9 N–H and O–H groups in total. The molecule has 18 nitrogen and oxygen atoms in total. The largest absolute Gasteiger partial charge is 0.395 e. The Bertz CT molecular complexity index is 2600. The summed E-state index contributed by atoms with van der Waals surface area (Å²) in [5.74, 6) is -0.118. The number of carbonyl (C=O) groups excluding carboxylic acids is 5. The fraction of sp³-hybridized carbons (Fsp3) is 0.426. The van der Waals surface area contributed by atoms with E-state index in [1.165, 1.54) is 11.3 Å². The smallest absolute Gasteiger partial charge is 0.253 e. The third-order valence-corrected chi connectivity index (χ3v) is 12.1. The third-order valence-electron chi connectivity index (χ3n) is 12.1. The van der Waals surface area contributed by atoms with E-state index in [2.05, 4.69) is 37.2 Å². The lowest BCUT2D eigenvalue weighted by Gasteiger charge is -2.22. The number of nitrogens with one attached hydrogen (secondary N) is 7. The number of aliphatic hydroxyl groups excluding tert-OH is 2. The maximum atomic E-state index is 12.0. The summed E-state index contributed by atoms with van der Waals surface area (Å²) in [6.07, 6.45) is 3.54.